The molecule has 0 heterocycles. The van der Waals surface area contributed by atoms with E-state index in [0.29, 0.717) is 0 Å². The van der Waals surface area contributed by atoms with E-state index in [0.717, 1.165) is 31.1 Å². The highest BCUT2D eigenvalue weighted by Gasteiger charge is 2.33. The number of esters is 1. The first-order valence-corrected chi connectivity index (χ1v) is 8.67. The molecule has 3 atom stereocenters. The van der Waals surface area contributed by atoms with Gasteiger partial charge in [-0.3, -0.25) is 4.79 Å². The van der Waals surface area contributed by atoms with Crippen LogP contribution in [0, 0.1) is 17.3 Å². The van der Waals surface area contributed by atoms with E-state index < -0.39 is 0 Å². The normalized spacial score (nSPS) is 25.2. The van der Waals surface area contributed by atoms with Gasteiger partial charge in [0.1, 0.15) is 0 Å². The summed E-state index contributed by atoms with van der Waals surface area (Å²) < 4.78 is 5.75. The Morgan fingerprint density at radius 2 is 1.70 bits per heavy atom. The van der Waals surface area contributed by atoms with Gasteiger partial charge in [0, 0.05) is 0 Å². The Labute approximate surface area is 125 Å². The zero-order valence-electron chi connectivity index (χ0n) is 14.2. The second-order valence-corrected chi connectivity index (χ2v) is 6.93. The summed E-state index contributed by atoms with van der Waals surface area (Å²) in [6.07, 6.45) is 9.52. The van der Waals surface area contributed by atoms with Crippen LogP contribution in [0.15, 0.2) is 0 Å². The van der Waals surface area contributed by atoms with Gasteiger partial charge in [0.15, 0.2) is 0 Å². The molecule has 2 heteroatoms. The minimum atomic E-state index is -0.301. The van der Waals surface area contributed by atoms with Crippen LogP contribution in [-0.2, 0) is 9.53 Å². The molecule has 2 nitrogen and oxygen atoms in total. The molecular formula is C18H34O2. The highest BCUT2D eigenvalue weighted by atomic mass is 16.5. The number of rotatable bonds is 7. The van der Waals surface area contributed by atoms with Crippen LogP contribution in [0.4, 0.5) is 0 Å². The van der Waals surface area contributed by atoms with Crippen LogP contribution in [-0.4, -0.2) is 12.1 Å². The predicted octanol–water partition coefficient (Wildman–Crippen LogP) is 5.35. The monoisotopic (exact) mass is 282 g/mol. The van der Waals surface area contributed by atoms with E-state index in [-0.39, 0.29) is 17.5 Å². The fraction of sp³-hybridized carbons (Fsp3) is 0.944. The van der Waals surface area contributed by atoms with Crippen LogP contribution in [0.5, 0.6) is 0 Å². The number of ether oxygens (including phenoxy) is 1. The van der Waals surface area contributed by atoms with Crippen molar-refractivity contribution in [3.05, 3.63) is 0 Å². The lowest BCUT2D eigenvalue weighted by molar-refractivity contribution is -0.161. The van der Waals surface area contributed by atoms with Gasteiger partial charge in [-0.1, -0.05) is 52.9 Å². The summed E-state index contributed by atoms with van der Waals surface area (Å²) >= 11 is 0. The smallest absolute Gasteiger partial charge is 0.312 e. The maximum Gasteiger partial charge on any atom is 0.312 e. The van der Waals surface area contributed by atoms with Gasteiger partial charge < -0.3 is 4.74 Å². The average molecular weight is 282 g/mol. The maximum absolute atomic E-state index is 12.3. The van der Waals surface area contributed by atoms with E-state index >= 15 is 0 Å². The summed E-state index contributed by atoms with van der Waals surface area (Å²) in [4.78, 5) is 12.3. The highest BCUT2D eigenvalue weighted by molar-refractivity contribution is 5.76. The Bertz CT molecular complexity index is 294. The molecule has 0 aliphatic heterocycles. The van der Waals surface area contributed by atoms with Gasteiger partial charge in [0.05, 0.1) is 11.5 Å². The number of hydrogen-bond donors (Lipinski definition) is 0. The Morgan fingerprint density at radius 3 is 2.20 bits per heavy atom. The molecule has 1 saturated carbocycles. The lowest BCUT2D eigenvalue weighted by atomic mass is 9.75. The van der Waals surface area contributed by atoms with Crippen molar-refractivity contribution in [2.75, 3.05) is 0 Å². The van der Waals surface area contributed by atoms with Gasteiger partial charge in [0.25, 0.3) is 0 Å². The molecule has 0 aromatic heterocycles. The van der Waals surface area contributed by atoms with E-state index in [1.165, 1.54) is 32.1 Å². The molecule has 0 aromatic rings. The molecular weight excluding hydrogens is 248 g/mol. The number of hydrogen-bond acceptors (Lipinski definition) is 2. The molecule has 0 saturated heterocycles. The molecule has 0 aromatic carbocycles. The fourth-order valence-corrected chi connectivity index (χ4v) is 3.47. The van der Waals surface area contributed by atoms with Crippen molar-refractivity contribution in [2.24, 2.45) is 17.3 Å². The van der Waals surface area contributed by atoms with Crippen LogP contribution in [0.3, 0.4) is 0 Å². The summed E-state index contributed by atoms with van der Waals surface area (Å²) in [6.45, 7) is 10.5. The standard InChI is InChI=1S/C18H34O2/c1-6-15-11-9-10-12-16(15)13-14(4)20-17(19)18(5,7-2)8-3/h14-16H,6-13H2,1-5H3. The second kappa shape index (κ2) is 8.05. The Morgan fingerprint density at radius 1 is 1.15 bits per heavy atom. The fourth-order valence-electron chi connectivity index (χ4n) is 3.47. The zero-order valence-corrected chi connectivity index (χ0v) is 14.2. The summed E-state index contributed by atoms with van der Waals surface area (Å²) in [5.41, 5.74) is -0.301. The molecule has 20 heavy (non-hydrogen) atoms. The molecule has 0 N–H and O–H groups in total. The van der Waals surface area contributed by atoms with Crippen molar-refractivity contribution in [3.63, 3.8) is 0 Å². The van der Waals surface area contributed by atoms with Crippen LogP contribution < -0.4 is 0 Å². The van der Waals surface area contributed by atoms with E-state index in [9.17, 15) is 4.79 Å². The van der Waals surface area contributed by atoms with E-state index in [1.807, 2.05) is 6.92 Å². The van der Waals surface area contributed by atoms with Crippen LogP contribution in [0.2, 0.25) is 0 Å². The maximum atomic E-state index is 12.3. The van der Waals surface area contributed by atoms with Gasteiger partial charge in [0.2, 0.25) is 0 Å². The van der Waals surface area contributed by atoms with E-state index in [1.54, 1.807) is 0 Å². The lowest BCUT2D eigenvalue weighted by Gasteiger charge is -2.33. The van der Waals surface area contributed by atoms with Gasteiger partial charge in [-0.15, -0.1) is 0 Å². The molecule has 1 rings (SSSR count). The minimum absolute atomic E-state index is 0.00106. The van der Waals surface area contributed by atoms with E-state index in [4.69, 9.17) is 4.74 Å². The first kappa shape index (κ1) is 17.5. The van der Waals surface area contributed by atoms with Crippen molar-refractivity contribution in [1.82, 2.24) is 0 Å². The molecule has 0 bridgehead atoms. The largest absolute Gasteiger partial charge is 0.462 e. The Hall–Kier alpha value is -0.530. The topological polar surface area (TPSA) is 26.3 Å². The van der Waals surface area contributed by atoms with Gasteiger partial charge in [-0.2, -0.15) is 0 Å². The summed E-state index contributed by atoms with van der Waals surface area (Å²) in [6, 6.07) is 0. The Balaban J connectivity index is 2.50. The number of carbonyl (C=O) groups excluding carboxylic acids is 1. The van der Waals surface area contributed by atoms with Gasteiger partial charge >= 0.3 is 5.97 Å². The molecule has 3 unspecified atom stereocenters. The van der Waals surface area contributed by atoms with Crippen molar-refractivity contribution < 1.29 is 9.53 Å². The molecule has 0 amide bonds. The third-order valence-electron chi connectivity index (χ3n) is 5.59. The minimum Gasteiger partial charge on any atom is -0.462 e. The molecule has 0 spiro atoms. The molecule has 1 aliphatic carbocycles. The summed E-state index contributed by atoms with van der Waals surface area (Å²) in [7, 11) is 0. The predicted molar refractivity (Wildman–Crippen MR) is 84.6 cm³/mol. The third-order valence-corrected chi connectivity index (χ3v) is 5.59. The van der Waals surface area contributed by atoms with Crippen LogP contribution >= 0.6 is 0 Å². The lowest BCUT2D eigenvalue weighted by Crippen LogP contribution is -2.33. The molecule has 1 fully saturated rings. The first-order chi connectivity index (χ1) is 9.46. The van der Waals surface area contributed by atoms with Crippen molar-refractivity contribution in [2.45, 2.75) is 92.1 Å². The second-order valence-electron chi connectivity index (χ2n) is 6.93. The van der Waals surface area contributed by atoms with Crippen molar-refractivity contribution in [1.29, 1.82) is 0 Å². The van der Waals surface area contributed by atoms with E-state index in [2.05, 4.69) is 27.7 Å². The molecule has 0 radical (unpaired) electrons. The average Bonchev–Trinajstić information content (AvgIpc) is 2.46. The third kappa shape index (κ3) is 4.49. The molecule has 1 aliphatic rings. The summed E-state index contributed by atoms with van der Waals surface area (Å²) in [5.74, 6) is 1.60. The molecule has 118 valence electrons. The van der Waals surface area contributed by atoms with Crippen molar-refractivity contribution in [3.8, 4) is 0 Å². The van der Waals surface area contributed by atoms with Gasteiger partial charge in [-0.25, -0.2) is 0 Å². The van der Waals surface area contributed by atoms with Crippen LogP contribution in [0.1, 0.15) is 86.0 Å². The number of carbonyl (C=O) groups is 1. The first-order valence-electron chi connectivity index (χ1n) is 8.67. The van der Waals surface area contributed by atoms with Crippen LogP contribution in [0.25, 0.3) is 0 Å². The quantitative estimate of drug-likeness (QED) is 0.588. The SMILES string of the molecule is CCC1CCCCC1CC(C)OC(=O)C(C)(CC)CC. The summed E-state index contributed by atoms with van der Waals surface area (Å²) in [5, 5.41) is 0. The zero-order chi connectivity index (χ0) is 15.2. The van der Waals surface area contributed by atoms with Crippen molar-refractivity contribution >= 4 is 5.97 Å². The van der Waals surface area contributed by atoms with Gasteiger partial charge in [-0.05, 0) is 44.9 Å². The highest BCUT2D eigenvalue weighted by Crippen LogP contribution is 2.36. The Kier molecular flexibility index (Phi) is 7.05.